The van der Waals surface area contributed by atoms with Crippen LogP contribution < -0.4 is 39.4 Å². The van der Waals surface area contributed by atoms with E-state index in [-0.39, 0.29) is 29.6 Å². The first-order valence-corrected chi connectivity index (χ1v) is 7.33. The molecule has 124 valence electrons. The predicted octanol–water partition coefficient (Wildman–Crippen LogP) is -0.450. The zero-order chi connectivity index (χ0) is 17.4. The van der Waals surface area contributed by atoms with Crippen molar-refractivity contribution < 1.29 is 44.2 Å². The zero-order valence-electron chi connectivity index (χ0n) is 14.5. The molecular weight excluding hydrogens is 329 g/mol. The van der Waals surface area contributed by atoms with Crippen LogP contribution in [0.5, 0.6) is 5.75 Å². The topological polar surface area (TPSA) is 77.3 Å². The van der Waals surface area contributed by atoms with Crippen LogP contribution in [-0.2, 0) is 4.79 Å². The number of nitrogens with zero attached hydrogens (tertiary/aromatic N) is 3. The number of ether oxygens (including phenoxy) is 1. The van der Waals surface area contributed by atoms with E-state index in [4.69, 9.17) is 4.74 Å². The predicted molar refractivity (Wildman–Crippen MR) is 90.5 cm³/mol. The number of rotatable bonds is 7. The van der Waals surface area contributed by atoms with Crippen LogP contribution in [0.15, 0.2) is 58.9 Å². The van der Waals surface area contributed by atoms with Gasteiger partial charge in [-0.05, 0) is 35.4 Å². The Morgan fingerprint density at radius 2 is 1.56 bits per heavy atom. The molecule has 0 aliphatic carbocycles. The summed E-state index contributed by atoms with van der Waals surface area (Å²) < 4.78 is 5.03. The molecule has 0 spiro atoms. The summed E-state index contributed by atoms with van der Waals surface area (Å²) in [5.74, 6) is -0.750. The summed E-state index contributed by atoms with van der Waals surface area (Å²) in [4.78, 5) is 10.3. The first-order chi connectivity index (χ1) is 11.5. The maximum absolute atomic E-state index is 10.3. The molecule has 2 aromatic rings. The molecule has 0 saturated carbocycles. The third-order valence-electron chi connectivity index (χ3n) is 2.94. The van der Waals surface area contributed by atoms with Crippen LogP contribution in [0.25, 0.3) is 12.2 Å². The van der Waals surface area contributed by atoms with Crippen LogP contribution in [0.4, 0.5) is 5.69 Å². The Bertz CT molecular complexity index is 726. The molecule has 25 heavy (non-hydrogen) atoms. The minimum atomic E-state index is -1.24. The third kappa shape index (κ3) is 7.98. The fraction of sp³-hybridized carbons (Fsp3) is 0.167. The third-order valence-corrected chi connectivity index (χ3v) is 2.94. The van der Waals surface area contributed by atoms with Crippen molar-refractivity contribution in [2.45, 2.75) is 0 Å². The number of benzene rings is 2. The van der Waals surface area contributed by atoms with Crippen molar-refractivity contribution in [1.82, 2.24) is 5.01 Å². The van der Waals surface area contributed by atoms with Gasteiger partial charge in [-0.3, -0.25) is 5.01 Å². The minimum Gasteiger partial charge on any atom is -0.546 e. The molecule has 0 amide bonds. The molecule has 0 aromatic heterocycles. The van der Waals surface area contributed by atoms with Gasteiger partial charge in [0.1, 0.15) is 12.4 Å². The number of carbonyl (C=O) groups excluding carboxylic acids is 1. The van der Waals surface area contributed by atoms with Gasteiger partial charge >= 0.3 is 29.6 Å². The van der Waals surface area contributed by atoms with Gasteiger partial charge in [0.15, 0.2) is 0 Å². The smallest absolute Gasteiger partial charge is 0.546 e. The molecule has 0 bridgehead atoms. The van der Waals surface area contributed by atoms with Crippen molar-refractivity contribution in [1.29, 1.82) is 0 Å². The number of aliphatic carboxylic acids is 1. The Morgan fingerprint density at radius 3 is 2.04 bits per heavy atom. The maximum Gasteiger partial charge on any atom is 1.00 e. The largest absolute Gasteiger partial charge is 1.00 e. The van der Waals surface area contributed by atoms with E-state index in [1.807, 2.05) is 62.6 Å². The summed E-state index contributed by atoms with van der Waals surface area (Å²) in [6, 6.07) is 14.8. The van der Waals surface area contributed by atoms with Gasteiger partial charge in [0.25, 0.3) is 0 Å². The van der Waals surface area contributed by atoms with Crippen molar-refractivity contribution in [3.05, 3.63) is 59.7 Å². The second kappa shape index (κ2) is 10.7. The molecule has 0 saturated heterocycles. The van der Waals surface area contributed by atoms with E-state index in [0.29, 0.717) is 5.75 Å². The normalized spacial score (nSPS) is 10.6. The Hall–Kier alpha value is -2.15. The van der Waals surface area contributed by atoms with Gasteiger partial charge in [-0.25, -0.2) is 0 Å². The molecule has 0 aliphatic rings. The molecule has 0 heterocycles. The quantitative estimate of drug-likeness (QED) is 0.294. The molecule has 2 rings (SSSR count). The summed E-state index contributed by atoms with van der Waals surface area (Å²) in [5, 5.41) is 20.0. The summed E-state index contributed by atoms with van der Waals surface area (Å²) in [7, 11) is 3.63. The summed E-state index contributed by atoms with van der Waals surface area (Å²) >= 11 is 0. The van der Waals surface area contributed by atoms with Gasteiger partial charge in [-0.2, -0.15) is 0 Å². The van der Waals surface area contributed by atoms with Crippen LogP contribution in [0.2, 0.25) is 0 Å². The molecule has 0 radical (unpaired) electrons. The van der Waals surface area contributed by atoms with E-state index in [2.05, 4.69) is 10.3 Å². The Kier molecular flexibility index (Phi) is 8.91. The van der Waals surface area contributed by atoms with Crippen LogP contribution in [0.1, 0.15) is 11.1 Å². The first-order valence-electron chi connectivity index (χ1n) is 7.33. The number of carbonyl (C=O) groups is 1. The fourth-order valence-electron chi connectivity index (χ4n) is 1.80. The summed E-state index contributed by atoms with van der Waals surface area (Å²) in [5.41, 5.74) is 2.80. The van der Waals surface area contributed by atoms with Gasteiger partial charge < -0.3 is 14.6 Å². The number of carboxylic acid groups (broad SMARTS) is 1. The zero-order valence-corrected chi connectivity index (χ0v) is 16.5. The molecular formula is C18H18N3NaO3. The molecule has 0 aliphatic heterocycles. The second-order valence-corrected chi connectivity index (χ2v) is 5.19. The number of hydrogen-bond acceptors (Lipinski definition) is 5. The van der Waals surface area contributed by atoms with Gasteiger partial charge in [-0.15, -0.1) is 5.11 Å². The van der Waals surface area contributed by atoms with Gasteiger partial charge in [-0.1, -0.05) is 41.6 Å². The number of carboxylic acids is 1. The van der Waals surface area contributed by atoms with E-state index < -0.39 is 12.6 Å². The molecule has 2 aromatic carbocycles. The van der Waals surface area contributed by atoms with Gasteiger partial charge in [0.2, 0.25) is 0 Å². The molecule has 0 fully saturated rings. The van der Waals surface area contributed by atoms with Crippen molar-refractivity contribution in [2.24, 2.45) is 10.3 Å². The number of hydrogen-bond donors (Lipinski definition) is 0. The van der Waals surface area contributed by atoms with E-state index in [1.165, 1.54) is 0 Å². The second-order valence-electron chi connectivity index (χ2n) is 5.19. The van der Waals surface area contributed by atoms with Crippen LogP contribution in [0.3, 0.4) is 0 Å². The Labute approximate surface area is 169 Å². The van der Waals surface area contributed by atoms with E-state index in [9.17, 15) is 9.90 Å². The van der Waals surface area contributed by atoms with E-state index in [1.54, 1.807) is 17.1 Å². The van der Waals surface area contributed by atoms with Gasteiger partial charge in [0, 0.05) is 14.1 Å². The van der Waals surface area contributed by atoms with Crippen molar-refractivity contribution in [3.63, 3.8) is 0 Å². The molecule has 7 heteroatoms. The maximum atomic E-state index is 10.3. The van der Waals surface area contributed by atoms with Crippen LogP contribution in [-0.4, -0.2) is 31.7 Å². The van der Waals surface area contributed by atoms with E-state index in [0.717, 1.165) is 16.8 Å². The summed E-state index contributed by atoms with van der Waals surface area (Å²) in [6.45, 7) is -0.452. The summed E-state index contributed by atoms with van der Waals surface area (Å²) in [6.07, 6.45) is 3.93. The molecule has 0 atom stereocenters. The van der Waals surface area contributed by atoms with Crippen molar-refractivity contribution in [3.8, 4) is 5.75 Å². The monoisotopic (exact) mass is 347 g/mol. The van der Waals surface area contributed by atoms with Crippen LogP contribution >= 0.6 is 0 Å². The SMILES string of the molecule is CN(C)N=Nc1ccc(C=Cc2ccc(OCC(=O)[O-])cc2)cc1.[Na+]. The molecule has 0 N–H and O–H groups in total. The average Bonchev–Trinajstić information content (AvgIpc) is 2.58. The molecule has 0 unspecified atom stereocenters. The Balaban J connectivity index is 0.00000312. The minimum absolute atomic E-state index is 0. The van der Waals surface area contributed by atoms with Crippen LogP contribution in [0, 0.1) is 0 Å². The fourth-order valence-corrected chi connectivity index (χ4v) is 1.80. The van der Waals surface area contributed by atoms with E-state index >= 15 is 0 Å². The van der Waals surface area contributed by atoms with Crippen molar-refractivity contribution in [2.75, 3.05) is 20.7 Å². The molecule has 6 nitrogen and oxygen atoms in total. The standard InChI is InChI=1S/C18H19N3O3.Na/c1-21(2)20-19-16-9-5-14(6-10-16)3-4-15-7-11-17(12-8-15)24-13-18(22)23;/h3-12H,13H2,1-2H3,(H,22,23);/q;+1/p-1. The van der Waals surface area contributed by atoms with Gasteiger partial charge in [0.05, 0.1) is 11.7 Å². The Morgan fingerprint density at radius 1 is 1.04 bits per heavy atom. The van der Waals surface area contributed by atoms with Crippen molar-refractivity contribution >= 4 is 23.8 Å². The first kappa shape index (κ1) is 20.9. The average molecular weight is 347 g/mol.